The fourth-order valence-corrected chi connectivity index (χ4v) is 1.06. The second kappa shape index (κ2) is 4.77. The quantitative estimate of drug-likeness (QED) is 0.749. The van der Waals surface area contributed by atoms with Crippen molar-refractivity contribution in [3.8, 4) is 0 Å². The summed E-state index contributed by atoms with van der Waals surface area (Å²) >= 11 is 0. The molecule has 0 saturated heterocycles. The van der Waals surface area contributed by atoms with E-state index in [1.54, 1.807) is 20.8 Å². The monoisotopic (exact) mass is 246 g/mol. The van der Waals surface area contributed by atoms with Crippen molar-refractivity contribution < 1.29 is 22.7 Å². The molecule has 2 nitrogen and oxygen atoms in total. The lowest BCUT2D eigenvalue weighted by Gasteiger charge is -2.16. The fourth-order valence-electron chi connectivity index (χ4n) is 1.06. The van der Waals surface area contributed by atoms with Crippen LogP contribution in [0.1, 0.15) is 26.3 Å². The second-order valence-corrected chi connectivity index (χ2v) is 4.67. The van der Waals surface area contributed by atoms with Gasteiger partial charge < -0.3 is 4.74 Å². The summed E-state index contributed by atoms with van der Waals surface area (Å²) in [4.78, 5) is 11.4. The summed E-state index contributed by atoms with van der Waals surface area (Å²) in [5.41, 5.74) is -1.21. The zero-order valence-electron chi connectivity index (χ0n) is 9.81. The van der Waals surface area contributed by atoms with Crippen LogP contribution in [0.3, 0.4) is 0 Å². The van der Waals surface area contributed by atoms with Gasteiger partial charge in [-0.1, -0.05) is 0 Å². The van der Waals surface area contributed by atoms with Gasteiger partial charge in [-0.05, 0) is 20.8 Å². The number of halogens is 3. The summed E-state index contributed by atoms with van der Waals surface area (Å²) in [5.74, 6) is -3.72. The van der Waals surface area contributed by atoms with Crippen molar-refractivity contribution in [1.29, 1.82) is 0 Å². The summed E-state index contributed by atoms with van der Waals surface area (Å²) in [6, 6.07) is 1.09. The third-order valence-corrected chi connectivity index (χ3v) is 2.07. The number of carbonyl (C=O) groups is 1. The highest BCUT2D eigenvalue weighted by Gasteiger charge is 2.24. The Morgan fingerprint density at radius 2 is 1.65 bits per heavy atom. The number of rotatable bonds is 2. The van der Waals surface area contributed by atoms with Crippen molar-refractivity contribution in [2.24, 2.45) is 5.41 Å². The smallest absolute Gasteiger partial charge is 0.311 e. The minimum atomic E-state index is -1.07. The molecule has 0 aromatic heterocycles. The molecule has 94 valence electrons. The number of carbonyl (C=O) groups excluding carboxylic acids is 1. The summed E-state index contributed by atoms with van der Waals surface area (Å²) in [7, 11) is 0. The van der Waals surface area contributed by atoms with Crippen LogP contribution in [0.5, 0.6) is 0 Å². The Bertz CT molecular complexity index is 413. The van der Waals surface area contributed by atoms with Crippen molar-refractivity contribution in [2.45, 2.75) is 27.4 Å². The molecule has 1 aromatic carbocycles. The van der Waals surface area contributed by atoms with E-state index in [9.17, 15) is 18.0 Å². The van der Waals surface area contributed by atoms with Crippen LogP contribution in [0.15, 0.2) is 12.1 Å². The fraction of sp³-hybridized carbons (Fsp3) is 0.417. The highest BCUT2D eigenvalue weighted by molar-refractivity contribution is 5.75. The molecule has 0 aliphatic carbocycles. The maximum Gasteiger partial charge on any atom is 0.311 e. The van der Waals surface area contributed by atoms with Gasteiger partial charge in [0.05, 0.1) is 11.0 Å². The third-order valence-electron chi connectivity index (χ3n) is 2.07. The van der Waals surface area contributed by atoms with E-state index in [4.69, 9.17) is 4.74 Å². The third kappa shape index (κ3) is 3.47. The molecule has 0 bridgehead atoms. The van der Waals surface area contributed by atoms with Gasteiger partial charge in [0.1, 0.15) is 24.1 Å². The van der Waals surface area contributed by atoms with Gasteiger partial charge in [0.2, 0.25) is 0 Å². The summed E-state index contributed by atoms with van der Waals surface area (Å²) < 4.78 is 43.7. The van der Waals surface area contributed by atoms with E-state index >= 15 is 0 Å². The molecule has 0 atom stereocenters. The molecule has 0 saturated carbocycles. The maximum absolute atomic E-state index is 13.2. The van der Waals surface area contributed by atoms with Gasteiger partial charge in [-0.25, -0.2) is 13.2 Å². The van der Waals surface area contributed by atoms with Crippen LogP contribution in [0.25, 0.3) is 0 Å². The van der Waals surface area contributed by atoms with E-state index in [1.807, 2.05) is 0 Å². The van der Waals surface area contributed by atoms with Crippen LogP contribution in [0, 0.1) is 22.9 Å². The predicted molar refractivity (Wildman–Crippen MR) is 55.6 cm³/mol. The van der Waals surface area contributed by atoms with Crippen molar-refractivity contribution >= 4 is 5.97 Å². The van der Waals surface area contributed by atoms with Crippen LogP contribution in [-0.4, -0.2) is 5.97 Å². The summed E-state index contributed by atoms with van der Waals surface area (Å²) in [6.07, 6.45) is 0. The Morgan fingerprint density at radius 1 is 1.18 bits per heavy atom. The summed E-state index contributed by atoms with van der Waals surface area (Å²) in [5, 5.41) is 0. The molecular weight excluding hydrogens is 233 g/mol. The Labute approximate surface area is 97.4 Å². The molecule has 0 unspecified atom stereocenters. The molecule has 0 radical (unpaired) electrons. The normalized spacial score (nSPS) is 11.4. The minimum absolute atomic E-state index is 0.455. The van der Waals surface area contributed by atoms with E-state index in [2.05, 4.69) is 0 Å². The molecule has 0 heterocycles. The van der Waals surface area contributed by atoms with Crippen LogP contribution in [0.2, 0.25) is 0 Å². The van der Waals surface area contributed by atoms with Crippen LogP contribution in [0.4, 0.5) is 13.2 Å². The molecule has 0 aliphatic rings. The molecule has 0 fully saturated rings. The Hall–Kier alpha value is -1.52. The molecule has 0 aliphatic heterocycles. The first-order chi connectivity index (χ1) is 7.71. The van der Waals surface area contributed by atoms with E-state index < -0.39 is 41.0 Å². The van der Waals surface area contributed by atoms with Gasteiger partial charge in [-0.2, -0.15) is 0 Å². The lowest BCUT2D eigenvalue weighted by molar-refractivity contribution is -0.154. The highest BCUT2D eigenvalue weighted by atomic mass is 19.1. The van der Waals surface area contributed by atoms with Crippen LogP contribution in [-0.2, 0) is 16.1 Å². The number of hydrogen-bond acceptors (Lipinski definition) is 2. The molecule has 0 amide bonds. The molecular formula is C12H13F3O2. The van der Waals surface area contributed by atoms with Gasteiger partial charge >= 0.3 is 5.97 Å². The summed E-state index contributed by atoms with van der Waals surface area (Å²) in [6.45, 7) is 4.31. The van der Waals surface area contributed by atoms with E-state index in [0.29, 0.717) is 12.1 Å². The lowest BCUT2D eigenvalue weighted by atomic mass is 9.97. The Kier molecular flexibility index (Phi) is 3.80. The van der Waals surface area contributed by atoms with E-state index in [0.717, 1.165) is 0 Å². The molecule has 17 heavy (non-hydrogen) atoms. The molecule has 5 heteroatoms. The number of benzene rings is 1. The molecule has 1 aromatic rings. The Morgan fingerprint density at radius 3 is 2.06 bits per heavy atom. The number of ether oxygens (including phenoxy) is 1. The van der Waals surface area contributed by atoms with Crippen LogP contribution >= 0.6 is 0 Å². The standard InChI is InChI=1S/C12H13F3O2/c1-12(2,3)11(16)17-6-8-9(14)4-7(13)5-10(8)15/h4-5H,6H2,1-3H3. The molecule has 0 spiro atoms. The van der Waals surface area contributed by atoms with Gasteiger partial charge in [0.25, 0.3) is 0 Å². The zero-order chi connectivity index (χ0) is 13.2. The maximum atomic E-state index is 13.2. The Balaban J connectivity index is 2.80. The van der Waals surface area contributed by atoms with E-state index in [1.165, 1.54) is 0 Å². The SMILES string of the molecule is CC(C)(C)C(=O)OCc1c(F)cc(F)cc1F. The largest absolute Gasteiger partial charge is 0.460 e. The first-order valence-corrected chi connectivity index (χ1v) is 5.02. The highest BCUT2D eigenvalue weighted by Crippen LogP contribution is 2.19. The van der Waals surface area contributed by atoms with Crippen molar-refractivity contribution in [3.63, 3.8) is 0 Å². The predicted octanol–water partition coefficient (Wildman–Crippen LogP) is 3.19. The second-order valence-electron chi connectivity index (χ2n) is 4.67. The first-order valence-electron chi connectivity index (χ1n) is 5.02. The first kappa shape index (κ1) is 13.5. The van der Waals surface area contributed by atoms with Gasteiger partial charge in [0, 0.05) is 12.1 Å². The average molecular weight is 246 g/mol. The minimum Gasteiger partial charge on any atom is -0.460 e. The van der Waals surface area contributed by atoms with Crippen LogP contribution < -0.4 is 0 Å². The lowest BCUT2D eigenvalue weighted by Crippen LogP contribution is -2.23. The topological polar surface area (TPSA) is 26.3 Å². The molecule has 1 rings (SSSR count). The zero-order valence-corrected chi connectivity index (χ0v) is 9.81. The van der Waals surface area contributed by atoms with Gasteiger partial charge in [-0.15, -0.1) is 0 Å². The molecule has 0 N–H and O–H groups in total. The van der Waals surface area contributed by atoms with Crippen molar-refractivity contribution in [2.75, 3.05) is 0 Å². The van der Waals surface area contributed by atoms with Gasteiger partial charge in [-0.3, -0.25) is 4.79 Å². The van der Waals surface area contributed by atoms with Crippen molar-refractivity contribution in [1.82, 2.24) is 0 Å². The van der Waals surface area contributed by atoms with Gasteiger partial charge in [0.15, 0.2) is 0 Å². The number of esters is 1. The number of hydrogen-bond donors (Lipinski definition) is 0. The average Bonchev–Trinajstić information content (AvgIpc) is 2.13. The van der Waals surface area contributed by atoms with Crippen molar-refractivity contribution in [3.05, 3.63) is 35.1 Å². The van der Waals surface area contributed by atoms with E-state index in [-0.39, 0.29) is 0 Å².